The molecule has 0 radical (unpaired) electrons. The normalized spacial score (nSPS) is 16.1. The first-order valence-corrected chi connectivity index (χ1v) is 9.48. The van der Waals surface area contributed by atoms with E-state index < -0.39 is 0 Å². The molecule has 0 saturated heterocycles. The van der Waals surface area contributed by atoms with Crippen molar-refractivity contribution < 1.29 is 9.32 Å². The van der Waals surface area contributed by atoms with Crippen LogP contribution >= 0.6 is 11.8 Å². The van der Waals surface area contributed by atoms with E-state index in [2.05, 4.69) is 22.6 Å². The van der Waals surface area contributed by atoms with Crippen LogP contribution in [0.25, 0.3) is 11.3 Å². The van der Waals surface area contributed by atoms with Crippen LogP contribution in [0, 0.1) is 0 Å². The van der Waals surface area contributed by atoms with Crippen molar-refractivity contribution in [2.24, 2.45) is 0 Å². The second kappa shape index (κ2) is 6.85. The summed E-state index contributed by atoms with van der Waals surface area (Å²) in [4.78, 5) is 13.6. The van der Waals surface area contributed by atoms with Crippen LogP contribution in [0.15, 0.2) is 45.3 Å². The number of hydrogen-bond donors (Lipinski definition) is 1. The average molecular weight is 340 g/mol. The van der Waals surface area contributed by atoms with Crippen LogP contribution < -0.4 is 5.32 Å². The molecule has 1 aliphatic carbocycles. The third-order valence-electron chi connectivity index (χ3n) is 4.62. The van der Waals surface area contributed by atoms with Gasteiger partial charge in [-0.1, -0.05) is 28.9 Å². The molecule has 1 aliphatic heterocycles. The van der Waals surface area contributed by atoms with E-state index in [0.29, 0.717) is 12.2 Å². The highest BCUT2D eigenvalue weighted by atomic mass is 32.2. The summed E-state index contributed by atoms with van der Waals surface area (Å²) in [5, 5.41) is 7.04. The highest BCUT2D eigenvalue weighted by molar-refractivity contribution is 7.98. The molecule has 2 aliphatic rings. The highest BCUT2D eigenvalue weighted by Crippen LogP contribution is 2.42. The van der Waals surface area contributed by atoms with Crippen LogP contribution in [0.1, 0.15) is 48.2 Å². The van der Waals surface area contributed by atoms with Crippen molar-refractivity contribution in [1.82, 2.24) is 10.5 Å². The number of nitrogens with one attached hydrogen (secondary N) is 1. The van der Waals surface area contributed by atoms with Gasteiger partial charge in [0, 0.05) is 28.3 Å². The number of rotatable bonds is 4. The minimum atomic E-state index is -0.128. The summed E-state index contributed by atoms with van der Waals surface area (Å²) in [6, 6.07) is 8.08. The highest BCUT2D eigenvalue weighted by Gasteiger charge is 2.27. The minimum absolute atomic E-state index is 0.128. The summed E-state index contributed by atoms with van der Waals surface area (Å²) in [5.74, 6) is 1.34. The number of fused-ring (bicyclic) bond motifs is 3. The minimum Gasteiger partial charge on any atom is -0.355 e. The Bertz CT molecular complexity index is 794. The van der Waals surface area contributed by atoms with Crippen LogP contribution in [0.3, 0.4) is 0 Å². The predicted octanol–water partition coefficient (Wildman–Crippen LogP) is 4.57. The van der Waals surface area contributed by atoms with Gasteiger partial charge in [-0.3, -0.25) is 4.79 Å². The second-order valence-electron chi connectivity index (χ2n) is 6.24. The lowest BCUT2D eigenvalue weighted by molar-refractivity contribution is 0.0944. The zero-order valence-corrected chi connectivity index (χ0v) is 14.3. The van der Waals surface area contributed by atoms with Gasteiger partial charge in [0.2, 0.25) is 0 Å². The number of nitrogens with zero attached hydrogens (tertiary/aromatic N) is 1. The monoisotopic (exact) mass is 340 g/mol. The third-order valence-corrected chi connectivity index (χ3v) is 5.72. The fourth-order valence-electron chi connectivity index (χ4n) is 3.32. The van der Waals surface area contributed by atoms with Crippen molar-refractivity contribution in [2.45, 2.75) is 42.8 Å². The lowest BCUT2D eigenvalue weighted by Gasteiger charge is -2.14. The summed E-state index contributed by atoms with van der Waals surface area (Å²) < 4.78 is 5.50. The summed E-state index contributed by atoms with van der Waals surface area (Å²) in [7, 11) is 0. The molecule has 2 heterocycles. The van der Waals surface area contributed by atoms with Gasteiger partial charge >= 0.3 is 0 Å². The first-order chi connectivity index (χ1) is 11.8. The van der Waals surface area contributed by atoms with Crippen LogP contribution in [-0.4, -0.2) is 17.6 Å². The largest absolute Gasteiger partial charge is 0.355 e. The smallest absolute Gasteiger partial charge is 0.273 e. The quantitative estimate of drug-likeness (QED) is 0.829. The molecule has 4 nitrogen and oxygen atoms in total. The molecule has 0 saturated carbocycles. The topological polar surface area (TPSA) is 55.1 Å². The van der Waals surface area contributed by atoms with Gasteiger partial charge in [0.25, 0.3) is 5.91 Å². The van der Waals surface area contributed by atoms with E-state index in [-0.39, 0.29) is 5.91 Å². The number of carbonyl (C=O) groups excluding carboxylic acids is 1. The molecule has 4 rings (SSSR count). The zero-order chi connectivity index (χ0) is 16.4. The molecule has 0 atom stereocenters. The van der Waals surface area contributed by atoms with Crippen molar-refractivity contribution >= 4 is 17.7 Å². The van der Waals surface area contributed by atoms with E-state index in [1.165, 1.54) is 36.2 Å². The van der Waals surface area contributed by atoms with Gasteiger partial charge in [0.05, 0.1) is 0 Å². The first-order valence-electron chi connectivity index (χ1n) is 8.50. The van der Waals surface area contributed by atoms with Gasteiger partial charge in [0.1, 0.15) is 0 Å². The standard InChI is InChI=1S/C19H20N2O2S/c22-19(20-11-10-13-6-2-1-3-7-13)17-15-12-24-16-9-5-4-8-14(16)18(15)23-21-17/h4-6,8-9H,1-3,7,10-12H2,(H,20,22). The Balaban J connectivity index is 1.45. The molecule has 0 spiro atoms. The Morgan fingerprint density at radius 1 is 1.29 bits per heavy atom. The number of amides is 1. The van der Waals surface area contributed by atoms with Crippen molar-refractivity contribution in [3.63, 3.8) is 0 Å². The molecule has 1 aromatic carbocycles. The van der Waals surface area contributed by atoms with Gasteiger partial charge in [-0.15, -0.1) is 11.8 Å². The lowest BCUT2D eigenvalue weighted by Crippen LogP contribution is -2.26. The number of hydrogen-bond acceptors (Lipinski definition) is 4. The zero-order valence-electron chi connectivity index (χ0n) is 13.5. The first kappa shape index (κ1) is 15.5. The molecule has 0 fully saturated rings. The molecule has 1 aromatic heterocycles. The Labute approximate surface area is 145 Å². The van der Waals surface area contributed by atoms with Crippen molar-refractivity contribution in [3.8, 4) is 11.3 Å². The van der Waals surface area contributed by atoms with Gasteiger partial charge in [-0.25, -0.2) is 0 Å². The SMILES string of the molecule is O=C(NCCC1=CCCCC1)c1noc2c1CSc1ccccc1-2. The van der Waals surface area contributed by atoms with E-state index in [9.17, 15) is 4.79 Å². The molecule has 5 heteroatoms. The fourth-order valence-corrected chi connectivity index (χ4v) is 4.37. The van der Waals surface area contributed by atoms with E-state index in [1.54, 1.807) is 11.8 Å². The predicted molar refractivity (Wildman–Crippen MR) is 95.0 cm³/mol. The molecule has 124 valence electrons. The Kier molecular flexibility index (Phi) is 4.43. The number of carbonyl (C=O) groups is 1. The second-order valence-corrected chi connectivity index (χ2v) is 7.25. The maximum atomic E-state index is 12.5. The molecule has 24 heavy (non-hydrogen) atoms. The summed E-state index contributed by atoms with van der Waals surface area (Å²) >= 11 is 1.73. The summed E-state index contributed by atoms with van der Waals surface area (Å²) in [5.41, 5.74) is 3.84. The molecule has 1 amide bonds. The third kappa shape index (κ3) is 3.00. The molecule has 2 aromatic rings. The van der Waals surface area contributed by atoms with E-state index in [1.807, 2.05) is 18.2 Å². The van der Waals surface area contributed by atoms with Gasteiger partial charge in [-0.2, -0.15) is 0 Å². The van der Waals surface area contributed by atoms with E-state index in [0.717, 1.165) is 29.1 Å². The maximum Gasteiger partial charge on any atom is 0.273 e. The van der Waals surface area contributed by atoms with Crippen LogP contribution in [0.4, 0.5) is 0 Å². The van der Waals surface area contributed by atoms with Crippen LogP contribution in [-0.2, 0) is 5.75 Å². The van der Waals surface area contributed by atoms with Gasteiger partial charge in [0.15, 0.2) is 11.5 Å². The summed E-state index contributed by atoms with van der Waals surface area (Å²) in [6.07, 6.45) is 8.16. The van der Waals surface area contributed by atoms with Gasteiger partial charge < -0.3 is 9.84 Å². The van der Waals surface area contributed by atoms with Crippen LogP contribution in [0.2, 0.25) is 0 Å². The number of benzene rings is 1. The molecule has 1 N–H and O–H groups in total. The fraction of sp³-hybridized carbons (Fsp3) is 0.368. The Hall–Kier alpha value is -2.01. The maximum absolute atomic E-state index is 12.5. The van der Waals surface area contributed by atoms with Crippen molar-refractivity contribution in [3.05, 3.63) is 47.2 Å². The van der Waals surface area contributed by atoms with Crippen LogP contribution in [0.5, 0.6) is 0 Å². The Morgan fingerprint density at radius 3 is 3.08 bits per heavy atom. The number of thioether (sulfide) groups is 1. The number of allylic oxidation sites excluding steroid dienone is 1. The Morgan fingerprint density at radius 2 is 2.21 bits per heavy atom. The average Bonchev–Trinajstić information content (AvgIpc) is 3.07. The van der Waals surface area contributed by atoms with Gasteiger partial charge in [-0.05, 0) is 44.2 Å². The van der Waals surface area contributed by atoms with Crippen molar-refractivity contribution in [1.29, 1.82) is 0 Å². The molecular weight excluding hydrogens is 320 g/mol. The molecule has 0 unspecified atom stereocenters. The molecule has 0 bridgehead atoms. The van der Waals surface area contributed by atoms with E-state index in [4.69, 9.17) is 4.52 Å². The van der Waals surface area contributed by atoms with Crippen molar-refractivity contribution in [2.75, 3.05) is 6.54 Å². The lowest BCUT2D eigenvalue weighted by atomic mass is 9.97. The number of aromatic nitrogens is 1. The summed E-state index contributed by atoms with van der Waals surface area (Å²) in [6.45, 7) is 0.663. The molecular formula is C19H20N2O2S. The van der Waals surface area contributed by atoms with E-state index >= 15 is 0 Å².